The summed E-state index contributed by atoms with van der Waals surface area (Å²) < 4.78 is 41.6. The van der Waals surface area contributed by atoms with E-state index >= 15 is 0 Å². The lowest BCUT2D eigenvalue weighted by Gasteiger charge is -2.36. The van der Waals surface area contributed by atoms with Gasteiger partial charge in [-0.3, -0.25) is 14.6 Å². The molecule has 1 aliphatic rings. The van der Waals surface area contributed by atoms with E-state index in [4.69, 9.17) is 0 Å². The second-order valence-electron chi connectivity index (χ2n) is 7.66. The molecule has 0 aliphatic carbocycles. The normalized spacial score (nSPS) is 14.5. The van der Waals surface area contributed by atoms with Gasteiger partial charge in [0.25, 0.3) is 0 Å². The average molecular weight is 481 g/mol. The number of piperazine rings is 1. The van der Waals surface area contributed by atoms with Crippen LogP contribution in [0.1, 0.15) is 0 Å². The number of alkyl halides is 3. The van der Waals surface area contributed by atoms with Crippen molar-refractivity contribution >= 4 is 17.8 Å². The van der Waals surface area contributed by atoms with Crippen LogP contribution in [0.15, 0.2) is 42.5 Å². The van der Waals surface area contributed by atoms with Crippen molar-refractivity contribution in [2.24, 2.45) is 0 Å². The van der Waals surface area contributed by atoms with Crippen LogP contribution in [0.3, 0.4) is 0 Å². The Kier molecular flexibility index (Phi) is 8.16. The number of hydrogen-bond donors (Lipinski definition) is 2. The van der Waals surface area contributed by atoms with Crippen molar-refractivity contribution in [3.63, 3.8) is 0 Å². The van der Waals surface area contributed by atoms with Gasteiger partial charge in [-0.15, -0.1) is 13.2 Å². The van der Waals surface area contributed by atoms with E-state index in [1.54, 1.807) is 18.2 Å². The molecule has 12 heteroatoms. The van der Waals surface area contributed by atoms with Gasteiger partial charge >= 0.3 is 12.5 Å². The summed E-state index contributed by atoms with van der Waals surface area (Å²) in [5.41, 5.74) is 1.03. The van der Waals surface area contributed by atoms with Crippen LogP contribution in [-0.4, -0.2) is 91.1 Å². The minimum atomic E-state index is -4.77. The molecule has 1 aromatic heterocycles. The summed E-state index contributed by atoms with van der Waals surface area (Å²) in [6.07, 6.45) is -5.91. The van der Waals surface area contributed by atoms with Crippen molar-refractivity contribution in [2.75, 3.05) is 57.8 Å². The topological polar surface area (TPSA) is 98.2 Å². The smallest absolute Gasteiger partial charge is 0.465 e. The van der Waals surface area contributed by atoms with Crippen LogP contribution in [0.5, 0.6) is 5.75 Å². The van der Waals surface area contributed by atoms with Crippen molar-refractivity contribution in [1.82, 2.24) is 20.1 Å². The van der Waals surface area contributed by atoms with E-state index in [-0.39, 0.29) is 24.7 Å². The molecule has 0 unspecified atom stereocenters. The fourth-order valence-corrected chi connectivity index (χ4v) is 3.57. The van der Waals surface area contributed by atoms with Crippen LogP contribution < -0.4 is 15.0 Å². The van der Waals surface area contributed by atoms with E-state index in [1.807, 2.05) is 6.07 Å². The Hall–Kier alpha value is -3.54. The number of carbonyl (C=O) groups is 2. The second-order valence-corrected chi connectivity index (χ2v) is 7.66. The number of halogens is 3. The Balaban J connectivity index is 1.58. The van der Waals surface area contributed by atoms with Crippen LogP contribution >= 0.6 is 0 Å². The summed E-state index contributed by atoms with van der Waals surface area (Å²) in [4.78, 5) is 32.7. The number of anilines is 1. The zero-order valence-corrected chi connectivity index (χ0v) is 18.6. The molecule has 0 radical (unpaired) electrons. The summed E-state index contributed by atoms with van der Waals surface area (Å²) in [6, 6.07) is 11.0. The number of hydrogen-bond acceptors (Lipinski definition) is 6. The number of likely N-dealkylation sites (N-methyl/N-ethyl adjacent to an activating group) is 1. The molecular weight excluding hydrogens is 455 g/mol. The van der Waals surface area contributed by atoms with E-state index in [9.17, 15) is 27.9 Å². The van der Waals surface area contributed by atoms with E-state index in [2.05, 4.69) is 24.8 Å². The molecule has 1 fully saturated rings. The lowest BCUT2D eigenvalue weighted by Crippen LogP contribution is -2.50. The Bertz CT molecular complexity index is 997. The van der Waals surface area contributed by atoms with Gasteiger partial charge in [0.05, 0.1) is 5.69 Å². The molecule has 2 amide bonds. The number of carbonyl (C=O) groups excluding carboxylic acids is 1. The van der Waals surface area contributed by atoms with Crippen LogP contribution in [-0.2, 0) is 4.79 Å². The van der Waals surface area contributed by atoms with Crippen LogP contribution in [0.4, 0.5) is 23.8 Å². The number of pyridine rings is 1. The summed E-state index contributed by atoms with van der Waals surface area (Å²) in [5, 5.41) is 11.7. The number of ether oxygens (including phenoxy) is 1. The highest BCUT2D eigenvalue weighted by Crippen LogP contribution is 2.28. The van der Waals surface area contributed by atoms with Crippen molar-refractivity contribution in [2.45, 2.75) is 6.36 Å². The molecule has 2 aromatic rings. The third kappa shape index (κ3) is 7.24. The van der Waals surface area contributed by atoms with Crippen LogP contribution in [0.25, 0.3) is 11.3 Å². The number of nitrogens with one attached hydrogen (secondary N) is 1. The number of nitrogens with zero attached hydrogens (tertiary/aromatic N) is 4. The first-order chi connectivity index (χ1) is 16.1. The molecule has 1 aliphatic heterocycles. The predicted molar refractivity (Wildman–Crippen MR) is 119 cm³/mol. The summed E-state index contributed by atoms with van der Waals surface area (Å²) in [7, 11) is 1.46. The molecule has 0 bridgehead atoms. The molecular formula is C22H26F3N5O4. The van der Waals surface area contributed by atoms with Gasteiger partial charge in [-0.2, -0.15) is 0 Å². The SMILES string of the molecule is CNC(=O)CN(CCN1CCN(c2cccc(-c3cccc(OC(F)(F)F)c3)n2)CC1)C(=O)O. The maximum atomic E-state index is 12.5. The lowest BCUT2D eigenvalue weighted by molar-refractivity contribution is -0.274. The van der Waals surface area contributed by atoms with Crippen LogP contribution in [0, 0.1) is 0 Å². The summed E-state index contributed by atoms with van der Waals surface area (Å²) in [6.45, 7) is 3.15. The van der Waals surface area contributed by atoms with Crippen molar-refractivity contribution < 1.29 is 32.6 Å². The molecule has 0 atom stereocenters. The highest BCUT2D eigenvalue weighted by molar-refractivity contribution is 5.81. The van der Waals surface area contributed by atoms with Gasteiger partial charge in [0.15, 0.2) is 0 Å². The Morgan fingerprint density at radius 2 is 1.85 bits per heavy atom. The quantitative estimate of drug-likeness (QED) is 0.598. The fraction of sp³-hybridized carbons (Fsp3) is 0.409. The fourth-order valence-electron chi connectivity index (χ4n) is 3.57. The number of rotatable bonds is 8. The zero-order valence-electron chi connectivity index (χ0n) is 18.6. The van der Waals surface area contributed by atoms with E-state index < -0.39 is 12.5 Å². The third-order valence-electron chi connectivity index (χ3n) is 5.36. The van der Waals surface area contributed by atoms with Gasteiger partial charge < -0.3 is 20.1 Å². The molecule has 3 rings (SSSR count). The van der Waals surface area contributed by atoms with Gasteiger partial charge in [0.1, 0.15) is 18.1 Å². The van der Waals surface area contributed by atoms with Gasteiger partial charge in [0, 0.05) is 51.9 Å². The highest BCUT2D eigenvalue weighted by Gasteiger charge is 2.31. The minimum Gasteiger partial charge on any atom is -0.465 e. The van der Waals surface area contributed by atoms with Crippen LogP contribution in [0.2, 0.25) is 0 Å². The standard InChI is InChI=1S/C22H26F3N5O4/c1-26-20(31)15-30(21(32)33)13-10-28-8-11-29(12-9-28)19-7-3-6-18(27-19)16-4-2-5-17(14-16)34-22(23,24)25/h2-7,14H,8-13,15H2,1H3,(H,26,31)(H,32,33). The van der Waals surface area contributed by atoms with Gasteiger partial charge in [-0.25, -0.2) is 9.78 Å². The molecule has 184 valence electrons. The molecule has 2 heterocycles. The number of carboxylic acid groups (broad SMARTS) is 1. The Labute approximate surface area is 194 Å². The zero-order chi connectivity index (χ0) is 24.7. The van der Waals surface area contributed by atoms with Crippen molar-refractivity contribution in [3.05, 3.63) is 42.5 Å². The molecule has 0 saturated carbocycles. The minimum absolute atomic E-state index is 0.211. The maximum Gasteiger partial charge on any atom is 0.573 e. The average Bonchev–Trinajstić information content (AvgIpc) is 2.81. The maximum absolute atomic E-state index is 12.5. The van der Waals surface area contributed by atoms with E-state index in [1.165, 1.54) is 25.2 Å². The lowest BCUT2D eigenvalue weighted by atomic mass is 10.1. The van der Waals surface area contributed by atoms with Gasteiger partial charge in [-0.05, 0) is 24.3 Å². The number of benzene rings is 1. The molecule has 1 aromatic carbocycles. The first kappa shape index (κ1) is 25.1. The molecule has 9 nitrogen and oxygen atoms in total. The number of amides is 2. The summed E-state index contributed by atoms with van der Waals surface area (Å²) >= 11 is 0. The predicted octanol–water partition coefficient (Wildman–Crippen LogP) is 2.50. The monoisotopic (exact) mass is 481 g/mol. The Morgan fingerprint density at radius 1 is 1.15 bits per heavy atom. The van der Waals surface area contributed by atoms with E-state index in [0.29, 0.717) is 49.8 Å². The first-order valence-corrected chi connectivity index (χ1v) is 10.6. The summed E-state index contributed by atoms with van der Waals surface area (Å²) in [5.74, 6) is 0.0254. The van der Waals surface area contributed by atoms with Crippen molar-refractivity contribution in [3.8, 4) is 17.0 Å². The Morgan fingerprint density at radius 3 is 2.50 bits per heavy atom. The molecule has 0 spiro atoms. The highest BCUT2D eigenvalue weighted by atomic mass is 19.4. The van der Waals surface area contributed by atoms with Gasteiger partial charge in [-0.1, -0.05) is 18.2 Å². The van der Waals surface area contributed by atoms with Gasteiger partial charge in [0.2, 0.25) is 5.91 Å². The molecule has 1 saturated heterocycles. The second kappa shape index (κ2) is 11.1. The number of aromatic nitrogens is 1. The molecule has 2 N–H and O–H groups in total. The van der Waals surface area contributed by atoms with E-state index in [0.717, 1.165) is 4.90 Å². The third-order valence-corrected chi connectivity index (χ3v) is 5.36. The largest absolute Gasteiger partial charge is 0.573 e. The van der Waals surface area contributed by atoms with Crippen molar-refractivity contribution in [1.29, 1.82) is 0 Å². The molecule has 34 heavy (non-hydrogen) atoms. The first-order valence-electron chi connectivity index (χ1n) is 10.6.